The minimum Gasteiger partial charge on any atom is -0.392 e. The maximum Gasteiger partial charge on any atom is 0.139 e. The first kappa shape index (κ1) is 15.4. The second-order valence-corrected chi connectivity index (χ2v) is 9.54. The summed E-state index contributed by atoms with van der Waals surface area (Å²) in [6.07, 6.45) is 8.19. The van der Waals surface area contributed by atoms with Crippen molar-refractivity contribution < 1.29 is 9.90 Å². The van der Waals surface area contributed by atoms with Gasteiger partial charge in [-0.3, -0.25) is 4.79 Å². The van der Waals surface area contributed by atoms with E-state index >= 15 is 0 Å². The zero-order valence-electron chi connectivity index (χ0n) is 13.9. The van der Waals surface area contributed by atoms with Crippen LogP contribution in [0.2, 0.25) is 0 Å². The lowest BCUT2D eigenvalue weighted by atomic mass is 9.45. The van der Waals surface area contributed by atoms with Gasteiger partial charge in [0.2, 0.25) is 0 Å². The molecule has 0 amide bonds. The van der Waals surface area contributed by atoms with Crippen molar-refractivity contribution in [2.24, 2.45) is 34.5 Å². The van der Waals surface area contributed by atoms with Gasteiger partial charge >= 0.3 is 0 Å². The van der Waals surface area contributed by atoms with Gasteiger partial charge in [-0.1, -0.05) is 13.8 Å². The van der Waals surface area contributed by atoms with Crippen LogP contribution >= 0.6 is 11.6 Å². The molecule has 3 heteroatoms. The van der Waals surface area contributed by atoms with Crippen LogP contribution in [0.15, 0.2) is 0 Å². The molecule has 1 N–H and O–H groups in total. The van der Waals surface area contributed by atoms with Gasteiger partial charge in [0.05, 0.1) is 11.5 Å². The molecule has 22 heavy (non-hydrogen) atoms. The van der Waals surface area contributed by atoms with Crippen LogP contribution in [0.4, 0.5) is 0 Å². The van der Waals surface area contributed by atoms with Gasteiger partial charge in [-0.05, 0) is 74.0 Å². The summed E-state index contributed by atoms with van der Waals surface area (Å²) in [4.78, 5) is 12.4. The maximum absolute atomic E-state index is 12.4. The van der Waals surface area contributed by atoms with Gasteiger partial charge in [-0.2, -0.15) is 0 Å². The number of ketones is 1. The second kappa shape index (κ2) is 4.96. The number of hydrogen-bond donors (Lipinski definition) is 1. The van der Waals surface area contributed by atoms with Crippen LogP contribution in [0, 0.1) is 34.5 Å². The second-order valence-electron chi connectivity index (χ2n) is 9.03. The van der Waals surface area contributed by atoms with Crippen molar-refractivity contribution in [2.45, 2.75) is 76.7 Å². The molecule has 0 aromatic rings. The predicted octanol–water partition coefficient (Wildman–Crippen LogP) is 4.18. The van der Waals surface area contributed by atoms with Crippen LogP contribution in [-0.4, -0.2) is 22.4 Å². The summed E-state index contributed by atoms with van der Waals surface area (Å²) in [5.41, 5.74) is 0.250. The molecular formula is C19H29ClO2. The number of aliphatic hydroxyl groups is 1. The molecule has 0 unspecified atom stereocenters. The Balaban J connectivity index is 1.65. The number of aliphatic hydroxyl groups excluding tert-OH is 1. The van der Waals surface area contributed by atoms with E-state index in [0.29, 0.717) is 29.5 Å². The van der Waals surface area contributed by atoms with Crippen molar-refractivity contribution in [3.05, 3.63) is 0 Å². The molecule has 0 radical (unpaired) electrons. The SMILES string of the molecule is C[C@]12CC[C@H](O)[C@@H](Cl)[C@@H]1CC[C@@H]1[C@@H]2CC[C@]2(C)C(=O)CC[C@@H]12. The lowest BCUT2D eigenvalue weighted by molar-refractivity contribution is -0.141. The van der Waals surface area contributed by atoms with E-state index in [1.54, 1.807) is 0 Å². The van der Waals surface area contributed by atoms with Gasteiger partial charge in [-0.15, -0.1) is 11.6 Å². The highest BCUT2D eigenvalue weighted by Gasteiger charge is 2.61. The van der Waals surface area contributed by atoms with Crippen molar-refractivity contribution in [3.63, 3.8) is 0 Å². The minimum absolute atomic E-state index is 0.0289. The Bertz CT molecular complexity index is 492. The number of carbonyl (C=O) groups is 1. The summed E-state index contributed by atoms with van der Waals surface area (Å²) in [6.45, 7) is 4.68. The Morgan fingerprint density at radius 2 is 1.77 bits per heavy atom. The Morgan fingerprint density at radius 1 is 1.00 bits per heavy atom. The standard InChI is InChI=1S/C19H29ClO2/c1-18-10-8-15(21)17(20)14(18)4-3-11-12-5-6-16(22)19(12,2)9-7-13(11)18/h11-15,17,21H,3-10H2,1-2H3/t11-,12-,13-,14-,15-,17-,18+,19-/m0/s1. The smallest absolute Gasteiger partial charge is 0.139 e. The van der Waals surface area contributed by atoms with Gasteiger partial charge in [0.15, 0.2) is 0 Å². The largest absolute Gasteiger partial charge is 0.392 e. The van der Waals surface area contributed by atoms with E-state index in [9.17, 15) is 9.90 Å². The van der Waals surface area contributed by atoms with Crippen molar-refractivity contribution in [1.29, 1.82) is 0 Å². The van der Waals surface area contributed by atoms with E-state index in [1.165, 1.54) is 12.8 Å². The molecule has 4 aliphatic rings. The molecule has 4 rings (SSSR count). The first-order valence-corrected chi connectivity index (χ1v) is 9.67. The fourth-order valence-electron chi connectivity index (χ4n) is 7.04. The van der Waals surface area contributed by atoms with Crippen LogP contribution in [-0.2, 0) is 4.79 Å². The van der Waals surface area contributed by atoms with E-state index in [2.05, 4.69) is 13.8 Å². The van der Waals surface area contributed by atoms with Crippen LogP contribution in [0.5, 0.6) is 0 Å². The molecule has 0 aromatic carbocycles. The third-order valence-corrected chi connectivity index (χ3v) is 8.98. The van der Waals surface area contributed by atoms with Crippen LogP contribution in [0.25, 0.3) is 0 Å². The van der Waals surface area contributed by atoms with Gasteiger partial charge in [0.25, 0.3) is 0 Å². The molecule has 0 spiro atoms. The van der Waals surface area contributed by atoms with Gasteiger partial charge in [-0.25, -0.2) is 0 Å². The topological polar surface area (TPSA) is 37.3 Å². The lowest BCUT2D eigenvalue weighted by Gasteiger charge is -2.61. The van der Waals surface area contributed by atoms with E-state index < -0.39 is 0 Å². The summed E-state index contributed by atoms with van der Waals surface area (Å²) >= 11 is 6.62. The number of alkyl halides is 1. The van der Waals surface area contributed by atoms with Crippen LogP contribution < -0.4 is 0 Å². The Hall–Kier alpha value is -0.0800. The lowest BCUT2D eigenvalue weighted by Crippen LogP contribution is -2.57. The average Bonchev–Trinajstić information content (AvgIpc) is 2.79. The third-order valence-electron chi connectivity index (χ3n) is 8.38. The van der Waals surface area contributed by atoms with Crippen LogP contribution in [0.1, 0.15) is 65.2 Å². The highest BCUT2D eigenvalue weighted by molar-refractivity contribution is 6.21. The highest BCUT2D eigenvalue weighted by atomic mass is 35.5. The molecule has 4 aliphatic carbocycles. The van der Waals surface area contributed by atoms with Crippen molar-refractivity contribution in [1.82, 2.24) is 0 Å². The molecule has 0 heterocycles. The van der Waals surface area contributed by atoms with Gasteiger partial charge in [0, 0.05) is 11.8 Å². The van der Waals surface area contributed by atoms with Gasteiger partial charge in [0.1, 0.15) is 5.78 Å². The number of fused-ring (bicyclic) bond motifs is 5. The summed E-state index contributed by atoms with van der Waals surface area (Å²) in [6, 6.07) is 0. The van der Waals surface area contributed by atoms with E-state index in [0.717, 1.165) is 38.5 Å². The third kappa shape index (κ3) is 1.86. The van der Waals surface area contributed by atoms with E-state index in [4.69, 9.17) is 11.6 Å². The minimum atomic E-state index is -0.321. The number of Topliss-reactive ketones (excluding diaryl/α,β-unsaturated/α-hetero) is 1. The first-order chi connectivity index (χ1) is 10.4. The maximum atomic E-state index is 12.4. The molecule has 4 saturated carbocycles. The zero-order chi connectivity index (χ0) is 15.7. The van der Waals surface area contributed by atoms with Crippen molar-refractivity contribution >= 4 is 17.4 Å². The van der Waals surface area contributed by atoms with E-state index in [-0.39, 0.29) is 22.3 Å². The summed E-state index contributed by atoms with van der Waals surface area (Å²) in [7, 11) is 0. The number of carbonyl (C=O) groups excluding carboxylic acids is 1. The molecule has 2 nitrogen and oxygen atoms in total. The summed E-state index contributed by atoms with van der Waals surface area (Å²) in [5, 5.41) is 10.1. The molecule has 0 saturated heterocycles. The monoisotopic (exact) mass is 324 g/mol. The molecule has 8 atom stereocenters. The Kier molecular flexibility index (Phi) is 3.48. The zero-order valence-corrected chi connectivity index (χ0v) is 14.6. The average molecular weight is 325 g/mol. The Morgan fingerprint density at radius 3 is 2.55 bits per heavy atom. The molecule has 0 aromatic heterocycles. The molecular weight excluding hydrogens is 296 g/mol. The van der Waals surface area contributed by atoms with Gasteiger partial charge < -0.3 is 5.11 Å². The molecule has 0 bridgehead atoms. The summed E-state index contributed by atoms with van der Waals surface area (Å²) in [5.74, 6) is 3.02. The van der Waals surface area contributed by atoms with E-state index in [1.807, 2.05) is 0 Å². The predicted molar refractivity (Wildman–Crippen MR) is 87.8 cm³/mol. The number of halogens is 1. The Labute approximate surface area is 139 Å². The number of rotatable bonds is 0. The quantitative estimate of drug-likeness (QED) is 0.679. The number of hydrogen-bond acceptors (Lipinski definition) is 2. The summed E-state index contributed by atoms with van der Waals surface area (Å²) < 4.78 is 0. The highest BCUT2D eigenvalue weighted by Crippen LogP contribution is 2.65. The van der Waals surface area contributed by atoms with Crippen molar-refractivity contribution in [3.8, 4) is 0 Å². The normalized spacial score (nSPS) is 57.9. The molecule has 4 fully saturated rings. The van der Waals surface area contributed by atoms with Crippen LogP contribution in [0.3, 0.4) is 0 Å². The fraction of sp³-hybridized carbons (Fsp3) is 0.947. The molecule has 0 aliphatic heterocycles. The van der Waals surface area contributed by atoms with Crippen molar-refractivity contribution in [2.75, 3.05) is 0 Å². The first-order valence-electron chi connectivity index (χ1n) is 9.23. The fourth-order valence-corrected chi connectivity index (χ4v) is 7.58. The molecule has 124 valence electrons.